The molecule has 2 rings (SSSR count). The Morgan fingerprint density at radius 1 is 1.43 bits per heavy atom. The highest BCUT2D eigenvalue weighted by molar-refractivity contribution is 6.34. The molecule has 8 heteroatoms. The Labute approximate surface area is 139 Å². The zero-order valence-electron chi connectivity index (χ0n) is 12.8. The van der Waals surface area contributed by atoms with Gasteiger partial charge in [-0.05, 0) is 18.6 Å². The molecule has 0 radical (unpaired) electrons. The number of hydrogen-bond acceptors (Lipinski definition) is 4. The molecule has 0 bridgehead atoms. The summed E-state index contributed by atoms with van der Waals surface area (Å²) in [5.74, 6) is -0.938. The van der Waals surface area contributed by atoms with E-state index in [1.165, 1.54) is 4.90 Å². The van der Waals surface area contributed by atoms with Crippen LogP contribution in [0.5, 0.6) is 0 Å². The molecule has 1 unspecified atom stereocenters. The number of rotatable bonds is 5. The summed E-state index contributed by atoms with van der Waals surface area (Å²) in [6.45, 7) is 0.127. The van der Waals surface area contributed by atoms with E-state index in [1.807, 2.05) is 0 Å². The van der Waals surface area contributed by atoms with Crippen molar-refractivity contribution in [1.29, 1.82) is 0 Å². The molecule has 23 heavy (non-hydrogen) atoms. The molecule has 124 valence electrons. The first kappa shape index (κ1) is 17.2. The van der Waals surface area contributed by atoms with Gasteiger partial charge in [0.25, 0.3) is 0 Å². The Kier molecular flexibility index (Phi) is 5.57. The summed E-state index contributed by atoms with van der Waals surface area (Å²) >= 11 is 6.13. The van der Waals surface area contributed by atoms with Gasteiger partial charge < -0.3 is 20.9 Å². The molecule has 1 aromatic rings. The zero-order valence-corrected chi connectivity index (χ0v) is 13.5. The zero-order chi connectivity index (χ0) is 17.0. The maximum atomic E-state index is 12.6. The number of carbonyl (C=O) groups is 3. The first-order valence-corrected chi connectivity index (χ1v) is 7.61. The maximum Gasteiger partial charge on any atom is 0.249 e. The molecule has 0 saturated carbocycles. The minimum absolute atomic E-state index is 0.178. The first-order chi connectivity index (χ1) is 11.0. The first-order valence-electron chi connectivity index (χ1n) is 7.24. The summed E-state index contributed by atoms with van der Waals surface area (Å²) in [6.07, 6.45) is 0.511. The number of benzene rings is 1. The van der Waals surface area contributed by atoms with Crippen molar-refractivity contribution in [2.75, 3.05) is 31.6 Å². The summed E-state index contributed by atoms with van der Waals surface area (Å²) in [5, 5.41) is 2.89. The molecule has 1 aliphatic heterocycles. The molecule has 1 aromatic carbocycles. The lowest BCUT2D eigenvalue weighted by Gasteiger charge is -2.24. The SMILES string of the molecule is CN(C(=O)CNC(=O)CN)C1CCN(c2ccccc2Cl)C1=O. The van der Waals surface area contributed by atoms with Crippen LogP contribution in [0.1, 0.15) is 6.42 Å². The number of amides is 3. The van der Waals surface area contributed by atoms with Crippen LogP contribution in [0.25, 0.3) is 0 Å². The number of nitrogens with zero attached hydrogens (tertiary/aromatic N) is 2. The smallest absolute Gasteiger partial charge is 0.249 e. The molecule has 3 N–H and O–H groups in total. The van der Waals surface area contributed by atoms with Crippen molar-refractivity contribution in [3.05, 3.63) is 29.3 Å². The standard InChI is InChI=1S/C15H19ClN4O3/c1-19(14(22)9-18-13(21)8-17)12-6-7-20(15(12)23)11-5-3-2-4-10(11)16/h2-5,12H,6-9,17H2,1H3,(H,18,21). The predicted molar refractivity (Wildman–Crippen MR) is 87.0 cm³/mol. The summed E-state index contributed by atoms with van der Waals surface area (Å²) in [7, 11) is 1.55. The molecular formula is C15H19ClN4O3. The van der Waals surface area contributed by atoms with Crippen LogP contribution in [-0.4, -0.2) is 55.3 Å². The maximum absolute atomic E-state index is 12.6. The van der Waals surface area contributed by atoms with E-state index >= 15 is 0 Å². The van der Waals surface area contributed by atoms with Gasteiger partial charge in [0.1, 0.15) is 6.04 Å². The topological polar surface area (TPSA) is 95.7 Å². The van der Waals surface area contributed by atoms with Gasteiger partial charge >= 0.3 is 0 Å². The number of nitrogens with two attached hydrogens (primary N) is 1. The highest BCUT2D eigenvalue weighted by Crippen LogP contribution is 2.30. The van der Waals surface area contributed by atoms with E-state index in [2.05, 4.69) is 5.32 Å². The van der Waals surface area contributed by atoms with Crippen LogP contribution in [-0.2, 0) is 14.4 Å². The monoisotopic (exact) mass is 338 g/mol. The van der Waals surface area contributed by atoms with Crippen molar-refractivity contribution in [2.45, 2.75) is 12.5 Å². The van der Waals surface area contributed by atoms with E-state index in [0.29, 0.717) is 23.7 Å². The van der Waals surface area contributed by atoms with Gasteiger partial charge in [-0.25, -0.2) is 0 Å². The second-order valence-electron chi connectivity index (χ2n) is 5.23. The molecule has 1 heterocycles. The van der Waals surface area contributed by atoms with Crippen LogP contribution < -0.4 is 16.0 Å². The summed E-state index contributed by atoms with van der Waals surface area (Å²) in [4.78, 5) is 38.7. The van der Waals surface area contributed by atoms with Crippen molar-refractivity contribution in [3.63, 3.8) is 0 Å². The molecule has 1 fully saturated rings. The van der Waals surface area contributed by atoms with Gasteiger partial charge in [0.15, 0.2) is 0 Å². The molecule has 0 spiro atoms. The quantitative estimate of drug-likeness (QED) is 0.788. The van der Waals surface area contributed by atoms with Crippen LogP contribution in [0.15, 0.2) is 24.3 Å². The summed E-state index contributed by atoms with van der Waals surface area (Å²) < 4.78 is 0. The number of anilines is 1. The summed E-state index contributed by atoms with van der Waals surface area (Å²) in [6, 6.07) is 6.52. The van der Waals surface area contributed by atoms with E-state index in [9.17, 15) is 14.4 Å². The van der Waals surface area contributed by atoms with Gasteiger partial charge in [-0.3, -0.25) is 14.4 Å². The average Bonchev–Trinajstić information content (AvgIpc) is 2.93. The van der Waals surface area contributed by atoms with Crippen molar-refractivity contribution in [3.8, 4) is 0 Å². The Bertz CT molecular complexity index is 622. The molecule has 7 nitrogen and oxygen atoms in total. The number of nitrogens with one attached hydrogen (secondary N) is 1. The fraction of sp³-hybridized carbons (Fsp3) is 0.400. The van der Waals surface area contributed by atoms with E-state index in [4.69, 9.17) is 17.3 Å². The fourth-order valence-corrected chi connectivity index (χ4v) is 2.72. The molecule has 3 amide bonds. The van der Waals surface area contributed by atoms with Crippen molar-refractivity contribution in [2.24, 2.45) is 5.73 Å². The van der Waals surface area contributed by atoms with Crippen molar-refractivity contribution >= 4 is 35.0 Å². The van der Waals surface area contributed by atoms with Gasteiger partial charge in [-0.1, -0.05) is 23.7 Å². The number of hydrogen-bond donors (Lipinski definition) is 2. The third kappa shape index (κ3) is 3.80. The van der Waals surface area contributed by atoms with Crippen molar-refractivity contribution < 1.29 is 14.4 Å². The lowest BCUT2D eigenvalue weighted by molar-refractivity contribution is -0.137. The lowest BCUT2D eigenvalue weighted by Crippen LogP contribution is -2.47. The van der Waals surface area contributed by atoms with Gasteiger partial charge in [0.2, 0.25) is 17.7 Å². The van der Waals surface area contributed by atoms with Crippen LogP contribution >= 0.6 is 11.6 Å². The highest BCUT2D eigenvalue weighted by atomic mass is 35.5. The second kappa shape index (κ2) is 7.43. The Balaban J connectivity index is 2.02. The lowest BCUT2D eigenvalue weighted by atomic mass is 10.2. The van der Waals surface area contributed by atoms with E-state index in [1.54, 1.807) is 36.2 Å². The van der Waals surface area contributed by atoms with Gasteiger partial charge in [-0.15, -0.1) is 0 Å². The average molecular weight is 339 g/mol. The third-order valence-corrected chi connectivity index (χ3v) is 4.12. The molecule has 1 aliphatic rings. The van der Waals surface area contributed by atoms with Crippen LogP contribution in [0.4, 0.5) is 5.69 Å². The van der Waals surface area contributed by atoms with E-state index in [-0.39, 0.29) is 24.9 Å². The van der Waals surface area contributed by atoms with E-state index in [0.717, 1.165) is 0 Å². The fourth-order valence-electron chi connectivity index (χ4n) is 2.48. The molecule has 0 aromatic heterocycles. The largest absolute Gasteiger partial charge is 0.346 e. The second-order valence-corrected chi connectivity index (χ2v) is 5.64. The number of para-hydroxylation sites is 1. The Morgan fingerprint density at radius 2 is 2.13 bits per heavy atom. The van der Waals surface area contributed by atoms with Crippen LogP contribution in [0.2, 0.25) is 5.02 Å². The molecule has 1 atom stereocenters. The van der Waals surface area contributed by atoms with Crippen molar-refractivity contribution in [1.82, 2.24) is 10.2 Å². The predicted octanol–water partition coefficient (Wildman–Crippen LogP) is -0.0214. The molecular weight excluding hydrogens is 320 g/mol. The number of carbonyl (C=O) groups excluding carboxylic acids is 3. The molecule has 1 saturated heterocycles. The van der Waals surface area contributed by atoms with Crippen LogP contribution in [0, 0.1) is 0 Å². The Hall–Kier alpha value is -2.12. The van der Waals surface area contributed by atoms with Gasteiger partial charge in [0.05, 0.1) is 23.8 Å². The minimum atomic E-state index is -0.562. The van der Waals surface area contributed by atoms with E-state index < -0.39 is 11.9 Å². The number of likely N-dealkylation sites (N-methyl/N-ethyl adjacent to an activating group) is 1. The van der Waals surface area contributed by atoms with Gasteiger partial charge in [-0.2, -0.15) is 0 Å². The van der Waals surface area contributed by atoms with Crippen LogP contribution in [0.3, 0.4) is 0 Å². The molecule has 0 aliphatic carbocycles. The van der Waals surface area contributed by atoms with Gasteiger partial charge in [0, 0.05) is 13.6 Å². The summed E-state index contributed by atoms with van der Waals surface area (Å²) in [5.41, 5.74) is 5.80. The highest BCUT2D eigenvalue weighted by Gasteiger charge is 2.37. The third-order valence-electron chi connectivity index (χ3n) is 3.80. The normalized spacial score (nSPS) is 17.3. The Morgan fingerprint density at radius 3 is 2.78 bits per heavy atom. The minimum Gasteiger partial charge on any atom is -0.346 e. The number of halogens is 1.